The zero-order valence-corrected chi connectivity index (χ0v) is 15.4. The van der Waals surface area contributed by atoms with Gasteiger partial charge in [0.05, 0.1) is 33.2 Å². The second kappa shape index (κ2) is 8.70. The number of halogens is 2. The molecule has 1 heterocycles. The first kappa shape index (κ1) is 18.2. The number of anilines is 2. The molecule has 0 fully saturated rings. The Morgan fingerprint density at radius 1 is 0.962 bits per heavy atom. The lowest BCUT2D eigenvalue weighted by molar-refractivity contribution is 0.0954. The minimum absolute atomic E-state index is 0.178. The van der Waals surface area contributed by atoms with Crippen molar-refractivity contribution < 1.29 is 4.79 Å². The Morgan fingerprint density at radius 3 is 2.42 bits per heavy atom. The molecule has 2 N–H and O–H groups in total. The maximum absolute atomic E-state index is 12.3. The molecule has 0 atom stereocenters. The molecule has 0 unspecified atom stereocenters. The van der Waals surface area contributed by atoms with E-state index in [4.69, 9.17) is 23.2 Å². The summed E-state index contributed by atoms with van der Waals surface area (Å²) in [4.78, 5) is 16.5. The van der Waals surface area contributed by atoms with Crippen LogP contribution in [-0.2, 0) is 6.42 Å². The van der Waals surface area contributed by atoms with Gasteiger partial charge in [0.25, 0.3) is 5.91 Å². The molecule has 132 valence electrons. The van der Waals surface area contributed by atoms with Crippen LogP contribution in [0.15, 0.2) is 67.0 Å². The number of hydrogen-bond donors (Lipinski definition) is 2. The van der Waals surface area contributed by atoms with E-state index >= 15 is 0 Å². The van der Waals surface area contributed by atoms with Crippen molar-refractivity contribution in [3.63, 3.8) is 0 Å². The molecule has 26 heavy (non-hydrogen) atoms. The number of benzene rings is 2. The van der Waals surface area contributed by atoms with Gasteiger partial charge in [-0.05, 0) is 30.2 Å². The van der Waals surface area contributed by atoms with Crippen LogP contribution in [0, 0.1) is 0 Å². The lowest BCUT2D eigenvalue weighted by Gasteiger charge is -2.11. The summed E-state index contributed by atoms with van der Waals surface area (Å²) in [7, 11) is 0. The van der Waals surface area contributed by atoms with Gasteiger partial charge in [0, 0.05) is 12.7 Å². The fourth-order valence-electron chi connectivity index (χ4n) is 2.46. The molecule has 0 bridgehead atoms. The van der Waals surface area contributed by atoms with Gasteiger partial charge in [-0.1, -0.05) is 59.6 Å². The average molecular weight is 386 g/mol. The lowest BCUT2D eigenvalue weighted by Crippen LogP contribution is -2.25. The molecule has 0 aliphatic heterocycles. The number of pyridine rings is 1. The van der Waals surface area contributed by atoms with E-state index in [1.165, 1.54) is 11.8 Å². The molecule has 0 aliphatic carbocycles. The molecule has 0 aliphatic rings. The van der Waals surface area contributed by atoms with Crippen LogP contribution in [0.2, 0.25) is 10.0 Å². The van der Waals surface area contributed by atoms with Gasteiger partial charge >= 0.3 is 0 Å². The van der Waals surface area contributed by atoms with Gasteiger partial charge in [-0.3, -0.25) is 9.78 Å². The largest absolute Gasteiger partial charge is 0.352 e. The van der Waals surface area contributed by atoms with Crippen LogP contribution < -0.4 is 10.6 Å². The van der Waals surface area contributed by atoms with Gasteiger partial charge in [-0.15, -0.1) is 0 Å². The molecule has 6 heteroatoms. The van der Waals surface area contributed by atoms with Crippen LogP contribution in [0.4, 0.5) is 11.4 Å². The molecule has 1 aromatic heterocycles. The van der Waals surface area contributed by atoms with Gasteiger partial charge in [0.1, 0.15) is 0 Å². The molecule has 2 aromatic carbocycles. The van der Waals surface area contributed by atoms with Crippen molar-refractivity contribution in [2.24, 2.45) is 0 Å². The quantitative estimate of drug-likeness (QED) is 0.620. The van der Waals surface area contributed by atoms with Gasteiger partial charge in [0.2, 0.25) is 0 Å². The minimum atomic E-state index is -0.178. The van der Waals surface area contributed by atoms with Gasteiger partial charge in [-0.2, -0.15) is 0 Å². The van der Waals surface area contributed by atoms with Gasteiger partial charge < -0.3 is 10.6 Å². The van der Waals surface area contributed by atoms with Crippen molar-refractivity contribution >= 4 is 40.5 Å². The fourth-order valence-corrected chi connectivity index (χ4v) is 2.95. The SMILES string of the molecule is O=C(NCCc1ccccc1)c1cncc(Nc2c(Cl)cccc2Cl)c1. The third-order valence-electron chi connectivity index (χ3n) is 3.77. The zero-order chi connectivity index (χ0) is 18.4. The van der Waals surface area contributed by atoms with Crippen molar-refractivity contribution in [2.75, 3.05) is 11.9 Å². The van der Waals surface area contributed by atoms with Crippen molar-refractivity contribution in [1.29, 1.82) is 0 Å². The summed E-state index contributed by atoms with van der Waals surface area (Å²) in [5.74, 6) is -0.178. The van der Waals surface area contributed by atoms with Gasteiger partial charge in [-0.25, -0.2) is 0 Å². The van der Waals surface area contributed by atoms with E-state index in [0.29, 0.717) is 33.5 Å². The highest BCUT2D eigenvalue weighted by atomic mass is 35.5. The normalized spacial score (nSPS) is 10.4. The lowest BCUT2D eigenvalue weighted by atomic mass is 10.1. The summed E-state index contributed by atoms with van der Waals surface area (Å²) in [5, 5.41) is 7.00. The summed E-state index contributed by atoms with van der Waals surface area (Å²) in [6.45, 7) is 0.552. The van der Waals surface area contributed by atoms with Crippen molar-refractivity contribution in [2.45, 2.75) is 6.42 Å². The summed E-state index contributed by atoms with van der Waals surface area (Å²) in [6.07, 6.45) is 3.91. The number of amides is 1. The van der Waals surface area contributed by atoms with E-state index in [1.807, 2.05) is 30.3 Å². The number of rotatable bonds is 6. The number of nitrogens with zero attached hydrogens (tertiary/aromatic N) is 1. The van der Waals surface area contributed by atoms with E-state index in [-0.39, 0.29) is 5.91 Å². The van der Waals surface area contributed by atoms with Crippen LogP contribution in [0.25, 0.3) is 0 Å². The minimum Gasteiger partial charge on any atom is -0.352 e. The number of carbonyl (C=O) groups excluding carboxylic acids is 1. The number of nitrogens with one attached hydrogen (secondary N) is 2. The highest BCUT2D eigenvalue weighted by Crippen LogP contribution is 2.32. The highest BCUT2D eigenvalue weighted by Gasteiger charge is 2.09. The van der Waals surface area contributed by atoms with Crippen LogP contribution >= 0.6 is 23.2 Å². The maximum Gasteiger partial charge on any atom is 0.252 e. The average Bonchev–Trinajstić information content (AvgIpc) is 2.66. The first-order chi connectivity index (χ1) is 12.6. The first-order valence-corrected chi connectivity index (χ1v) is 8.87. The zero-order valence-electron chi connectivity index (χ0n) is 13.9. The summed E-state index contributed by atoms with van der Waals surface area (Å²) >= 11 is 12.3. The predicted molar refractivity (Wildman–Crippen MR) is 106 cm³/mol. The number of hydrogen-bond acceptors (Lipinski definition) is 3. The topological polar surface area (TPSA) is 54.0 Å². The Labute approximate surface area is 162 Å². The van der Waals surface area contributed by atoms with Crippen LogP contribution in [0.1, 0.15) is 15.9 Å². The molecule has 1 amide bonds. The van der Waals surface area contributed by atoms with E-state index < -0.39 is 0 Å². The van der Waals surface area contributed by atoms with E-state index in [2.05, 4.69) is 15.6 Å². The van der Waals surface area contributed by atoms with Crippen molar-refractivity contribution in [3.8, 4) is 0 Å². The Balaban J connectivity index is 1.64. The maximum atomic E-state index is 12.3. The van der Waals surface area contributed by atoms with E-state index in [0.717, 1.165) is 6.42 Å². The molecular formula is C20H17Cl2N3O. The molecule has 0 saturated carbocycles. The molecule has 4 nitrogen and oxygen atoms in total. The highest BCUT2D eigenvalue weighted by molar-refractivity contribution is 6.39. The van der Waals surface area contributed by atoms with E-state index in [9.17, 15) is 4.79 Å². The monoisotopic (exact) mass is 385 g/mol. The number of carbonyl (C=O) groups is 1. The predicted octanol–water partition coefficient (Wildman–Crippen LogP) is 5.10. The third kappa shape index (κ3) is 4.75. The Bertz CT molecular complexity index is 880. The third-order valence-corrected chi connectivity index (χ3v) is 4.40. The fraction of sp³-hybridized carbons (Fsp3) is 0.100. The summed E-state index contributed by atoms with van der Waals surface area (Å²) in [6, 6.07) is 17.0. The number of para-hydroxylation sites is 1. The molecular weight excluding hydrogens is 369 g/mol. The van der Waals surface area contributed by atoms with Gasteiger partial charge in [0.15, 0.2) is 0 Å². The van der Waals surface area contributed by atoms with Crippen LogP contribution in [0.3, 0.4) is 0 Å². The molecule has 3 rings (SSSR count). The molecule has 3 aromatic rings. The first-order valence-electron chi connectivity index (χ1n) is 8.11. The molecule has 0 radical (unpaired) electrons. The summed E-state index contributed by atoms with van der Waals surface area (Å²) < 4.78 is 0. The standard InChI is InChI=1S/C20H17Cl2N3O/c21-17-7-4-8-18(22)19(17)25-16-11-15(12-23-13-16)20(26)24-10-9-14-5-2-1-3-6-14/h1-8,11-13,25H,9-10H2,(H,24,26). The second-order valence-corrected chi connectivity index (χ2v) is 6.49. The summed E-state index contributed by atoms with van der Waals surface area (Å²) in [5.41, 5.74) is 2.86. The van der Waals surface area contributed by atoms with Crippen molar-refractivity contribution in [3.05, 3.63) is 88.2 Å². The Kier molecular flexibility index (Phi) is 6.10. The van der Waals surface area contributed by atoms with Crippen molar-refractivity contribution in [1.82, 2.24) is 10.3 Å². The smallest absolute Gasteiger partial charge is 0.252 e. The van der Waals surface area contributed by atoms with Crippen LogP contribution in [-0.4, -0.2) is 17.4 Å². The second-order valence-electron chi connectivity index (χ2n) is 5.68. The molecule has 0 saturated heterocycles. The Morgan fingerprint density at radius 2 is 1.69 bits per heavy atom. The number of aromatic nitrogens is 1. The van der Waals surface area contributed by atoms with E-state index in [1.54, 1.807) is 30.5 Å². The van der Waals surface area contributed by atoms with Crippen LogP contribution in [0.5, 0.6) is 0 Å². The molecule has 0 spiro atoms. The Hall–Kier alpha value is -2.56.